The van der Waals surface area contributed by atoms with E-state index in [0.717, 1.165) is 5.69 Å². The van der Waals surface area contributed by atoms with Crippen LogP contribution in [0.3, 0.4) is 0 Å². The SMILES string of the molecule is CCN(C(=O)c1cccc(C(=O)NC(C)(C)C)c1)c1ccccc1. The Morgan fingerprint density at radius 2 is 1.58 bits per heavy atom. The van der Waals surface area contributed by atoms with Gasteiger partial charge in [-0.05, 0) is 58.0 Å². The van der Waals surface area contributed by atoms with Crippen LogP contribution in [0.4, 0.5) is 5.69 Å². The Kier molecular flexibility index (Phi) is 5.39. The van der Waals surface area contributed by atoms with Crippen molar-refractivity contribution in [2.75, 3.05) is 11.4 Å². The first-order valence-electron chi connectivity index (χ1n) is 8.11. The molecule has 0 aliphatic heterocycles. The predicted molar refractivity (Wildman–Crippen MR) is 97.5 cm³/mol. The summed E-state index contributed by atoms with van der Waals surface area (Å²) in [6.07, 6.45) is 0. The van der Waals surface area contributed by atoms with Gasteiger partial charge < -0.3 is 10.2 Å². The van der Waals surface area contributed by atoms with Gasteiger partial charge >= 0.3 is 0 Å². The Morgan fingerprint density at radius 1 is 0.958 bits per heavy atom. The summed E-state index contributed by atoms with van der Waals surface area (Å²) in [5, 5.41) is 2.91. The Hall–Kier alpha value is -2.62. The number of carbonyl (C=O) groups excluding carboxylic acids is 2. The molecule has 0 bridgehead atoms. The minimum absolute atomic E-state index is 0.117. The van der Waals surface area contributed by atoms with E-state index in [4.69, 9.17) is 0 Å². The monoisotopic (exact) mass is 324 g/mol. The lowest BCUT2D eigenvalue weighted by Crippen LogP contribution is -2.40. The maximum Gasteiger partial charge on any atom is 0.258 e. The van der Waals surface area contributed by atoms with Crippen molar-refractivity contribution >= 4 is 17.5 Å². The second-order valence-electron chi connectivity index (χ2n) is 6.67. The van der Waals surface area contributed by atoms with Gasteiger partial charge in [0.1, 0.15) is 0 Å². The van der Waals surface area contributed by atoms with Gasteiger partial charge in [-0.25, -0.2) is 0 Å². The van der Waals surface area contributed by atoms with E-state index in [1.54, 1.807) is 29.2 Å². The number of hydrogen-bond acceptors (Lipinski definition) is 2. The maximum atomic E-state index is 12.8. The smallest absolute Gasteiger partial charge is 0.258 e. The van der Waals surface area contributed by atoms with Crippen molar-refractivity contribution in [3.63, 3.8) is 0 Å². The molecule has 0 aliphatic carbocycles. The summed E-state index contributed by atoms with van der Waals surface area (Å²) < 4.78 is 0. The van der Waals surface area contributed by atoms with Crippen molar-refractivity contribution in [1.29, 1.82) is 0 Å². The zero-order valence-electron chi connectivity index (χ0n) is 14.7. The van der Waals surface area contributed by atoms with E-state index in [2.05, 4.69) is 5.32 Å². The van der Waals surface area contributed by atoms with E-state index in [1.165, 1.54) is 0 Å². The highest BCUT2D eigenvalue weighted by atomic mass is 16.2. The normalized spacial score (nSPS) is 11.0. The van der Waals surface area contributed by atoms with E-state index < -0.39 is 0 Å². The van der Waals surface area contributed by atoms with Gasteiger partial charge in [0, 0.05) is 28.9 Å². The van der Waals surface area contributed by atoms with Gasteiger partial charge in [-0.15, -0.1) is 0 Å². The number of anilines is 1. The number of para-hydroxylation sites is 1. The first-order valence-corrected chi connectivity index (χ1v) is 8.11. The molecule has 0 saturated carbocycles. The topological polar surface area (TPSA) is 49.4 Å². The third-order valence-corrected chi connectivity index (χ3v) is 3.49. The standard InChI is InChI=1S/C20H24N2O2/c1-5-22(17-12-7-6-8-13-17)19(24)16-11-9-10-15(14-16)18(23)21-20(2,3)4/h6-14H,5H2,1-4H3,(H,21,23). The number of hydrogen-bond donors (Lipinski definition) is 1. The van der Waals surface area contributed by atoms with E-state index >= 15 is 0 Å². The van der Waals surface area contributed by atoms with E-state index in [0.29, 0.717) is 17.7 Å². The fraction of sp³-hybridized carbons (Fsp3) is 0.300. The average Bonchev–Trinajstić information content (AvgIpc) is 2.55. The quantitative estimate of drug-likeness (QED) is 0.928. The van der Waals surface area contributed by atoms with Crippen molar-refractivity contribution in [3.05, 3.63) is 65.7 Å². The third kappa shape index (κ3) is 4.44. The van der Waals surface area contributed by atoms with Crippen LogP contribution < -0.4 is 10.2 Å². The Bertz CT molecular complexity index is 718. The number of nitrogens with zero attached hydrogens (tertiary/aromatic N) is 1. The number of nitrogens with one attached hydrogen (secondary N) is 1. The van der Waals surface area contributed by atoms with Crippen LogP contribution in [-0.2, 0) is 0 Å². The Labute approximate surface area is 143 Å². The van der Waals surface area contributed by atoms with Gasteiger partial charge in [-0.3, -0.25) is 9.59 Å². The Balaban J connectivity index is 2.27. The van der Waals surface area contributed by atoms with Crippen LogP contribution in [0.15, 0.2) is 54.6 Å². The molecular formula is C20H24N2O2. The van der Waals surface area contributed by atoms with Crippen LogP contribution in [-0.4, -0.2) is 23.9 Å². The molecule has 1 N–H and O–H groups in total. The molecule has 2 amide bonds. The van der Waals surface area contributed by atoms with Crippen LogP contribution in [0, 0.1) is 0 Å². The van der Waals surface area contributed by atoms with Gasteiger partial charge in [-0.2, -0.15) is 0 Å². The molecule has 0 atom stereocenters. The molecule has 24 heavy (non-hydrogen) atoms. The van der Waals surface area contributed by atoms with Gasteiger partial charge in [0.2, 0.25) is 0 Å². The van der Waals surface area contributed by atoms with Crippen LogP contribution in [0.1, 0.15) is 48.4 Å². The average molecular weight is 324 g/mol. The summed E-state index contributed by atoms with van der Waals surface area (Å²) in [6.45, 7) is 8.26. The zero-order chi connectivity index (χ0) is 17.7. The van der Waals surface area contributed by atoms with Crippen LogP contribution in [0.5, 0.6) is 0 Å². The van der Waals surface area contributed by atoms with E-state index in [-0.39, 0.29) is 17.4 Å². The lowest BCUT2D eigenvalue weighted by Gasteiger charge is -2.22. The van der Waals surface area contributed by atoms with Crippen molar-refractivity contribution in [3.8, 4) is 0 Å². The first kappa shape index (κ1) is 17.7. The first-order chi connectivity index (χ1) is 11.3. The summed E-state index contributed by atoms with van der Waals surface area (Å²) in [5.41, 5.74) is 1.51. The molecule has 126 valence electrons. The highest BCUT2D eigenvalue weighted by molar-refractivity contribution is 6.07. The summed E-state index contributed by atoms with van der Waals surface area (Å²) in [7, 11) is 0. The van der Waals surface area contributed by atoms with Gasteiger partial charge in [0.25, 0.3) is 11.8 Å². The summed E-state index contributed by atoms with van der Waals surface area (Å²) in [4.78, 5) is 26.8. The molecule has 2 aromatic rings. The van der Waals surface area contributed by atoms with Crippen LogP contribution >= 0.6 is 0 Å². The fourth-order valence-electron chi connectivity index (χ4n) is 2.41. The van der Waals surface area contributed by atoms with E-state index in [9.17, 15) is 9.59 Å². The highest BCUT2D eigenvalue weighted by Gasteiger charge is 2.19. The molecule has 2 aromatic carbocycles. The van der Waals surface area contributed by atoms with Crippen molar-refractivity contribution < 1.29 is 9.59 Å². The minimum atomic E-state index is -0.323. The second-order valence-corrected chi connectivity index (χ2v) is 6.67. The van der Waals surface area contributed by atoms with Crippen LogP contribution in [0.25, 0.3) is 0 Å². The molecular weight excluding hydrogens is 300 g/mol. The zero-order valence-corrected chi connectivity index (χ0v) is 14.7. The lowest BCUT2D eigenvalue weighted by atomic mass is 10.1. The lowest BCUT2D eigenvalue weighted by molar-refractivity contribution is 0.0919. The molecule has 2 rings (SSSR count). The Morgan fingerprint density at radius 3 is 2.17 bits per heavy atom. The summed E-state index contributed by atoms with van der Waals surface area (Å²) in [6, 6.07) is 16.4. The molecule has 0 aromatic heterocycles. The number of amides is 2. The minimum Gasteiger partial charge on any atom is -0.347 e. The van der Waals surface area contributed by atoms with Gasteiger partial charge in [0.15, 0.2) is 0 Å². The molecule has 0 radical (unpaired) electrons. The van der Waals surface area contributed by atoms with E-state index in [1.807, 2.05) is 58.0 Å². The predicted octanol–water partition coefficient (Wildman–Crippen LogP) is 3.88. The van der Waals surface area contributed by atoms with Gasteiger partial charge in [-0.1, -0.05) is 24.3 Å². The number of carbonyl (C=O) groups is 2. The van der Waals surface area contributed by atoms with Crippen molar-refractivity contribution in [2.45, 2.75) is 33.2 Å². The summed E-state index contributed by atoms with van der Waals surface area (Å²) >= 11 is 0. The van der Waals surface area contributed by atoms with Crippen LogP contribution in [0.2, 0.25) is 0 Å². The summed E-state index contributed by atoms with van der Waals surface area (Å²) in [5.74, 6) is -0.297. The number of rotatable bonds is 4. The molecule has 0 spiro atoms. The largest absolute Gasteiger partial charge is 0.347 e. The molecule has 4 heteroatoms. The molecule has 0 fully saturated rings. The molecule has 0 saturated heterocycles. The molecule has 0 aliphatic rings. The third-order valence-electron chi connectivity index (χ3n) is 3.49. The molecule has 0 heterocycles. The van der Waals surface area contributed by atoms with Crippen molar-refractivity contribution in [2.24, 2.45) is 0 Å². The fourth-order valence-corrected chi connectivity index (χ4v) is 2.41. The second kappa shape index (κ2) is 7.30. The molecule has 0 unspecified atom stereocenters. The highest BCUT2D eigenvalue weighted by Crippen LogP contribution is 2.17. The maximum absolute atomic E-state index is 12.8. The van der Waals surface area contributed by atoms with Gasteiger partial charge in [0.05, 0.1) is 0 Å². The van der Waals surface area contributed by atoms with Crippen molar-refractivity contribution in [1.82, 2.24) is 5.32 Å². The molecule has 4 nitrogen and oxygen atoms in total. The number of benzene rings is 2.